The van der Waals surface area contributed by atoms with Gasteiger partial charge in [0.2, 0.25) is 0 Å². The molecule has 0 spiro atoms. The van der Waals surface area contributed by atoms with Gasteiger partial charge in [0, 0.05) is 25.7 Å². The van der Waals surface area contributed by atoms with Gasteiger partial charge in [0.25, 0.3) is 0 Å². The van der Waals surface area contributed by atoms with Crippen molar-refractivity contribution < 1.29 is 80.2 Å². The number of ether oxygens (including phenoxy) is 4. The summed E-state index contributed by atoms with van der Waals surface area (Å²) in [7, 11) is -9.90. The maximum atomic E-state index is 13.0. The topological polar surface area (TPSA) is 237 Å². The molecule has 0 amide bonds. The molecule has 0 rings (SSSR count). The fraction of sp³-hybridized carbons (Fsp3) is 0.942. The summed E-state index contributed by atoms with van der Waals surface area (Å²) < 4.78 is 68.2. The Hall–Kier alpha value is -1.94. The Morgan fingerprint density at radius 1 is 0.318 bits per heavy atom. The second-order valence-electron chi connectivity index (χ2n) is 26.4. The normalized spacial score (nSPS) is 14.9. The third-order valence-electron chi connectivity index (χ3n) is 16.5. The smallest absolute Gasteiger partial charge is 0.462 e. The van der Waals surface area contributed by atoms with Crippen LogP contribution in [0.3, 0.4) is 0 Å². The van der Waals surface area contributed by atoms with Gasteiger partial charge in [0.05, 0.1) is 26.4 Å². The van der Waals surface area contributed by atoms with Crippen LogP contribution in [0.25, 0.3) is 0 Å². The molecule has 7 atom stereocenters. The van der Waals surface area contributed by atoms with E-state index < -0.39 is 97.5 Å². The first-order valence-electron chi connectivity index (χ1n) is 35.8. The highest BCUT2D eigenvalue weighted by molar-refractivity contribution is 7.47. The van der Waals surface area contributed by atoms with Crippen LogP contribution in [-0.4, -0.2) is 96.7 Å². The molecule has 0 radical (unpaired) electrons. The molecule has 5 unspecified atom stereocenters. The summed E-state index contributed by atoms with van der Waals surface area (Å²) in [5.74, 6) is 0.838. The minimum Gasteiger partial charge on any atom is -0.462 e. The van der Waals surface area contributed by atoms with E-state index in [2.05, 4.69) is 55.4 Å². The SMILES string of the molecule is CCC(C)CCCCCCCCC(=O)OC[C@H](COP(=O)(O)OCC(O)COP(=O)(O)OC[C@@H](COC(=O)CCCCCCCCCCC(C)C)OC(=O)CCCCCCCCC(C)CC)OC(=O)CCCCCCCCCCCCCCCCC(C)C. The number of aliphatic hydroxyl groups excluding tert-OH is 1. The Morgan fingerprint density at radius 2 is 0.545 bits per heavy atom. The van der Waals surface area contributed by atoms with Gasteiger partial charge in [-0.15, -0.1) is 0 Å². The highest BCUT2D eigenvalue weighted by Crippen LogP contribution is 2.45. The van der Waals surface area contributed by atoms with Crippen molar-refractivity contribution >= 4 is 39.5 Å². The lowest BCUT2D eigenvalue weighted by molar-refractivity contribution is -0.161. The van der Waals surface area contributed by atoms with Crippen molar-refractivity contribution in [2.24, 2.45) is 23.7 Å². The molecule has 0 heterocycles. The van der Waals surface area contributed by atoms with E-state index in [0.717, 1.165) is 120 Å². The molecule has 3 N–H and O–H groups in total. The number of unbranched alkanes of at least 4 members (excludes halogenated alkanes) is 30. The van der Waals surface area contributed by atoms with Crippen LogP contribution in [0.1, 0.15) is 338 Å². The van der Waals surface area contributed by atoms with Crippen LogP contribution in [0.4, 0.5) is 0 Å². The largest absolute Gasteiger partial charge is 0.472 e. The number of aliphatic hydroxyl groups is 1. The standard InChI is InChI=1S/C69H134O17P2/c1-9-61(7)47-39-31-25-27-34-42-50-67(72)80-56-64(85-68(73)51-43-35-24-18-16-14-12-11-13-15-17-21-29-37-45-59(3)4)57-83-87(75,76)81-53-63(70)54-82-88(77,78)84-58-65(86-69(74)52-44-36-28-26-32-40-48-62(8)10-2)55-79-66(71)49-41-33-23-20-19-22-30-38-46-60(5)6/h59-65,70H,9-58H2,1-8H3,(H,75,76)(H,77,78)/t61?,62?,63?,64-,65-/m1/s1. The van der Waals surface area contributed by atoms with E-state index in [0.29, 0.717) is 25.7 Å². The van der Waals surface area contributed by atoms with E-state index in [1.54, 1.807) is 0 Å². The molecule has 0 saturated carbocycles. The van der Waals surface area contributed by atoms with Gasteiger partial charge in [0.1, 0.15) is 19.3 Å². The van der Waals surface area contributed by atoms with Gasteiger partial charge in [-0.05, 0) is 49.4 Å². The minimum absolute atomic E-state index is 0.102. The summed E-state index contributed by atoms with van der Waals surface area (Å²) in [6.45, 7) is 14.0. The van der Waals surface area contributed by atoms with Crippen LogP contribution in [0.5, 0.6) is 0 Å². The van der Waals surface area contributed by atoms with Crippen LogP contribution < -0.4 is 0 Å². The van der Waals surface area contributed by atoms with Gasteiger partial charge in [-0.1, -0.05) is 287 Å². The average Bonchev–Trinajstić information content (AvgIpc) is 3.63. The van der Waals surface area contributed by atoms with Crippen molar-refractivity contribution in [1.82, 2.24) is 0 Å². The number of hydrogen-bond donors (Lipinski definition) is 3. The van der Waals surface area contributed by atoms with Crippen molar-refractivity contribution in [3.63, 3.8) is 0 Å². The third-order valence-corrected chi connectivity index (χ3v) is 18.4. The van der Waals surface area contributed by atoms with E-state index in [4.69, 9.17) is 37.0 Å². The Balaban J connectivity index is 5.23. The zero-order valence-corrected chi connectivity index (χ0v) is 59.1. The zero-order valence-electron chi connectivity index (χ0n) is 57.3. The number of phosphoric acid groups is 2. The Labute approximate surface area is 537 Å². The number of rotatable bonds is 66. The predicted molar refractivity (Wildman–Crippen MR) is 354 cm³/mol. The Morgan fingerprint density at radius 3 is 0.807 bits per heavy atom. The molecule has 88 heavy (non-hydrogen) atoms. The van der Waals surface area contributed by atoms with Crippen molar-refractivity contribution in [3.05, 3.63) is 0 Å². The number of hydrogen-bond acceptors (Lipinski definition) is 15. The van der Waals surface area contributed by atoms with Gasteiger partial charge >= 0.3 is 39.5 Å². The van der Waals surface area contributed by atoms with E-state index in [-0.39, 0.29) is 25.7 Å². The molecular formula is C69H134O17P2. The molecule has 0 aromatic rings. The van der Waals surface area contributed by atoms with Crippen molar-refractivity contribution in [3.8, 4) is 0 Å². The Kier molecular flexibility index (Phi) is 57.6. The second kappa shape index (κ2) is 58.8. The average molecular weight is 1300 g/mol. The lowest BCUT2D eigenvalue weighted by Gasteiger charge is -2.21. The summed E-state index contributed by atoms with van der Waals surface area (Å²) in [4.78, 5) is 72.4. The fourth-order valence-electron chi connectivity index (χ4n) is 10.2. The maximum Gasteiger partial charge on any atom is 0.472 e. The van der Waals surface area contributed by atoms with Crippen molar-refractivity contribution in [2.75, 3.05) is 39.6 Å². The Bertz CT molecular complexity index is 1750. The summed E-state index contributed by atoms with van der Waals surface area (Å²) in [5.41, 5.74) is 0. The predicted octanol–water partition coefficient (Wildman–Crippen LogP) is 19.3. The summed E-state index contributed by atoms with van der Waals surface area (Å²) in [5, 5.41) is 10.6. The first-order valence-corrected chi connectivity index (χ1v) is 38.8. The maximum absolute atomic E-state index is 13.0. The van der Waals surface area contributed by atoms with Gasteiger partial charge < -0.3 is 33.8 Å². The summed E-state index contributed by atoms with van der Waals surface area (Å²) >= 11 is 0. The molecule has 0 aliphatic carbocycles. The van der Waals surface area contributed by atoms with Crippen molar-refractivity contribution in [1.29, 1.82) is 0 Å². The summed E-state index contributed by atoms with van der Waals surface area (Å²) in [6, 6.07) is 0. The number of carbonyl (C=O) groups is 4. The molecule has 0 aromatic carbocycles. The quantitative estimate of drug-likeness (QED) is 0.0222. The molecule has 17 nitrogen and oxygen atoms in total. The molecule has 0 aromatic heterocycles. The fourth-order valence-corrected chi connectivity index (χ4v) is 11.8. The monoisotopic (exact) mass is 1300 g/mol. The number of phosphoric ester groups is 2. The van der Waals surface area contributed by atoms with Gasteiger partial charge in [-0.25, -0.2) is 9.13 Å². The number of esters is 4. The van der Waals surface area contributed by atoms with Crippen LogP contribution in [0.15, 0.2) is 0 Å². The van der Waals surface area contributed by atoms with E-state index in [1.807, 2.05) is 0 Å². The molecule has 0 aliphatic rings. The number of carbonyl (C=O) groups excluding carboxylic acids is 4. The van der Waals surface area contributed by atoms with E-state index in [1.165, 1.54) is 135 Å². The van der Waals surface area contributed by atoms with Crippen LogP contribution in [-0.2, 0) is 65.4 Å². The summed E-state index contributed by atoms with van der Waals surface area (Å²) in [6.07, 6.45) is 40.4. The van der Waals surface area contributed by atoms with Crippen LogP contribution >= 0.6 is 15.6 Å². The highest BCUT2D eigenvalue weighted by atomic mass is 31.2. The second-order valence-corrected chi connectivity index (χ2v) is 29.3. The van der Waals surface area contributed by atoms with Gasteiger partial charge in [0.15, 0.2) is 12.2 Å². The molecule has 19 heteroatoms. The third kappa shape index (κ3) is 60.3. The minimum atomic E-state index is -4.95. The molecule has 0 aliphatic heterocycles. The highest BCUT2D eigenvalue weighted by Gasteiger charge is 2.30. The molecular weight excluding hydrogens is 1160 g/mol. The molecule has 0 bridgehead atoms. The molecule has 0 fully saturated rings. The lowest BCUT2D eigenvalue weighted by atomic mass is 10.00. The zero-order chi connectivity index (χ0) is 65.4. The van der Waals surface area contributed by atoms with E-state index >= 15 is 0 Å². The lowest BCUT2D eigenvalue weighted by Crippen LogP contribution is -2.30. The van der Waals surface area contributed by atoms with Gasteiger partial charge in [-0.2, -0.15) is 0 Å². The van der Waals surface area contributed by atoms with E-state index in [9.17, 15) is 43.2 Å². The molecule has 522 valence electrons. The van der Waals surface area contributed by atoms with Gasteiger partial charge in [-0.3, -0.25) is 37.3 Å². The molecule has 0 saturated heterocycles. The van der Waals surface area contributed by atoms with Crippen LogP contribution in [0.2, 0.25) is 0 Å². The van der Waals surface area contributed by atoms with Crippen molar-refractivity contribution in [2.45, 2.75) is 356 Å². The van der Waals surface area contributed by atoms with Crippen LogP contribution in [0, 0.1) is 23.7 Å². The first-order chi connectivity index (χ1) is 42.2. The first kappa shape index (κ1) is 86.1.